The van der Waals surface area contributed by atoms with Gasteiger partial charge < -0.3 is 5.11 Å². The highest BCUT2D eigenvalue weighted by Crippen LogP contribution is 2.21. The molecule has 0 aliphatic carbocycles. The fraction of sp³-hybridized carbons (Fsp3) is 0.167. The van der Waals surface area contributed by atoms with E-state index < -0.39 is 12.0 Å². The second-order valence-electron chi connectivity index (χ2n) is 2.20. The third kappa shape index (κ3) is 0.739. The van der Waals surface area contributed by atoms with Crippen LogP contribution in [0, 0.1) is 0 Å². The Kier molecular flexibility index (Phi) is 1.06. The third-order valence-electron chi connectivity index (χ3n) is 1.53. The Bertz CT molecular complexity index is 328. The van der Waals surface area contributed by atoms with Crippen LogP contribution in [0.25, 0.3) is 0 Å². The number of fused-ring (bicyclic) bond motifs is 1. The molecule has 11 heavy (non-hydrogen) atoms. The number of aromatic nitrogens is 2. The van der Waals surface area contributed by atoms with Crippen LogP contribution in [0.15, 0.2) is 17.4 Å². The Morgan fingerprint density at radius 3 is 3.27 bits per heavy atom. The van der Waals surface area contributed by atoms with Crippen LogP contribution in [0.5, 0.6) is 0 Å². The second-order valence-corrected chi connectivity index (χ2v) is 2.20. The molecule has 1 aliphatic heterocycles. The standard InChI is InChI=1S/C6H5N3O2/c10-5(11)4-3-8-6-7-1-2-9(4)6/h1-4H,(H,10,11). The molecule has 0 aromatic carbocycles. The molecular formula is C6H5N3O2. The van der Waals surface area contributed by atoms with Crippen molar-refractivity contribution in [3.8, 4) is 0 Å². The van der Waals surface area contributed by atoms with Gasteiger partial charge in [0.25, 0.3) is 0 Å². The van der Waals surface area contributed by atoms with Crippen molar-refractivity contribution in [2.45, 2.75) is 6.04 Å². The van der Waals surface area contributed by atoms with E-state index in [1.54, 1.807) is 6.20 Å². The zero-order valence-corrected chi connectivity index (χ0v) is 5.51. The Labute approximate surface area is 62.0 Å². The van der Waals surface area contributed by atoms with E-state index in [-0.39, 0.29) is 0 Å². The summed E-state index contributed by atoms with van der Waals surface area (Å²) in [4.78, 5) is 18.2. The van der Waals surface area contributed by atoms with Gasteiger partial charge in [-0.05, 0) is 0 Å². The largest absolute Gasteiger partial charge is 0.479 e. The smallest absolute Gasteiger partial charge is 0.332 e. The molecule has 0 fully saturated rings. The molecule has 5 heteroatoms. The molecule has 1 unspecified atom stereocenters. The lowest BCUT2D eigenvalue weighted by Gasteiger charge is -2.01. The molecule has 0 spiro atoms. The Morgan fingerprint density at radius 2 is 2.55 bits per heavy atom. The number of carbonyl (C=O) groups is 1. The quantitative estimate of drug-likeness (QED) is 0.624. The summed E-state index contributed by atoms with van der Waals surface area (Å²) in [6.07, 6.45) is 4.49. The summed E-state index contributed by atoms with van der Waals surface area (Å²) in [6.45, 7) is 0. The van der Waals surface area contributed by atoms with E-state index in [1.165, 1.54) is 17.0 Å². The molecule has 1 atom stereocenters. The Morgan fingerprint density at radius 1 is 1.73 bits per heavy atom. The summed E-state index contributed by atoms with van der Waals surface area (Å²) in [5.41, 5.74) is 0. The molecule has 5 nitrogen and oxygen atoms in total. The monoisotopic (exact) mass is 151 g/mol. The number of carboxylic acids is 1. The zero-order valence-electron chi connectivity index (χ0n) is 5.51. The molecule has 2 rings (SSSR count). The minimum absolute atomic E-state index is 0.456. The van der Waals surface area contributed by atoms with Gasteiger partial charge in [-0.2, -0.15) is 0 Å². The molecule has 1 N–H and O–H groups in total. The van der Waals surface area contributed by atoms with Crippen molar-refractivity contribution in [1.82, 2.24) is 9.55 Å². The van der Waals surface area contributed by atoms with Crippen molar-refractivity contribution in [3.63, 3.8) is 0 Å². The normalized spacial score (nSPS) is 20.2. The maximum Gasteiger partial charge on any atom is 0.332 e. The molecule has 56 valence electrons. The van der Waals surface area contributed by atoms with E-state index in [0.29, 0.717) is 5.95 Å². The minimum Gasteiger partial charge on any atom is -0.479 e. The summed E-state index contributed by atoms with van der Waals surface area (Å²) in [5, 5.41) is 8.64. The van der Waals surface area contributed by atoms with Crippen molar-refractivity contribution in [2.24, 2.45) is 4.99 Å². The van der Waals surface area contributed by atoms with Gasteiger partial charge in [-0.25, -0.2) is 14.8 Å². The van der Waals surface area contributed by atoms with Crippen LogP contribution in [0.2, 0.25) is 0 Å². The van der Waals surface area contributed by atoms with E-state index >= 15 is 0 Å². The van der Waals surface area contributed by atoms with E-state index in [0.717, 1.165) is 0 Å². The molecular weight excluding hydrogens is 146 g/mol. The zero-order chi connectivity index (χ0) is 7.84. The lowest BCUT2D eigenvalue weighted by Crippen LogP contribution is -2.15. The van der Waals surface area contributed by atoms with Crippen molar-refractivity contribution >= 4 is 18.1 Å². The summed E-state index contributed by atoms with van der Waals surface area (Å²) >= 11 is 0. The van der Waals surface area contributed by atoms with Crippen molar-refractivity contribution < 1.29 is 9.90 Å². The Hall–Kier alpha value is -1.65. The van der Waals surface area contributed by atoms with E-state index in [4.69, 9.17) is 5.11 Å². The van der Waals surface area contributed by atoms with E-state index in [2.05, 4.69) is 9.98 Å². The molecule has 0 amide bonds. The van der Waals surface area contributed by atoms with Crippen LogP contribution < -0.4 is 0 Å². The average Bonchev–Trinajstić information content (AvgIpc) is 2.41. The van der Waals surface area contributed by atoms with Crippen LogP contribution in [0.3, 0.4) is 0 Å². The average molecular weight is 151 g/mol. The molecule has 1 aromatic heterocycles. The first-order valence-electron chi connectivity index (χ1n) is 3.09. The summed E-state index contributed by atoms with van der Waals surface area (Å²) in [5.74, 6) is -0.456. The van der Waals surface area contributed by atoms with Crippen molar-refractivity contribution in [3.05, 3.63) is 12.4 Å². The molecule has 0 saturated carbocycles. The van der Waals surface area contributed by atoms with Gasteiger partial charge in [-0.1, -0.05) is 0 Å². The van der Waals surface area contributed by atoms with Gasteiger partial charge in [-0.15, -0.1) is 0 Å². The van der Waals surface area contributed by atoms with Gasteiger partial charge in [0.1, 0.15) is 0 Å². The van der Waals surface area contributed by atoms with Gasteiger partial charge in [0.2, 0.25) is 5.95 Å². The van der Waals surface area contributed by atoms with E-state index in [9.17, 15) is 4.79 Å². The highest BCUT2D eigenvalue weighted by atomic mass is 16.4. The van der Waals surface area contributed by atoms with Crippen LogP contribution in [0.1, 0.15) is 6.04 Å². The predicted molar refractivity (Wildman–Crippen MR) is 37.1 cm³/mol. The Balaban J connectivity index is 2.46. The number of rotatable bonds is 1. The lowest BCUT2D eigenvalue weighted by molar-refractivity contribution is -0.138. The number of hydrogen-bond donors (Lipinski definition) is 1. The molecule has 2 heterocycles. The fourth-order valence-corrected chi connectivity index (χ4v) is 1.01. The van der Waals surface area contributed by atoms with E-state index in [1.807, 2.05) is 0 Å². The first-order valence-corrected chi connectivity index (χ1v) is 3.09. The van der Waals surface area contributed by atoms with Gasteiger partial charge in [0, 0.05) is 18.6 Å². The SMILES string of the molecule is O=C(O)C1C=Nc2nccn21. The lowest BCUT2D eigenvalue weighted by atomic mass is 10.3. The number of aliphatic imine (C=N–C) groups is 1. The van der Waals surface area contributed by atoms with Gasteiger partial charge >= 0.3 is 5.97 Å². The number of carboxylic acid groups (broad SMARTS) is 1. The number of aliphatic carboxylic acids is 1. The topological polar surface area (TPSA) is 67.5 Å². The summed E-state index contributed by atoms with van der Waals surface area (Å²) < 4.78 is 1.50. The molecule has 1 aromatic rings. The van der Waals surface area contributed by atoms with Crippen LogP contribution in [-0.2, 0) is 4.79 Å². The summed E-state index contributed by atoms with van der Waals surface area (Å²) in [6, 6.07) is -0.674. The van der Waals surface area contributed by atoms with Gasteiger partial charge in [-0.3, -0.25) is 4.57 Å². The predicted octanol–water partition coefficient (Wildman–Crippen LogP) is 0.225. The van der Waals surface area contributed by atoms with Crippen LogP contribution in [-0.4, -0.2) is 26.8 Å². The molecule has 0 radical (unpaired) electrons. The van der Waals surface area contributed by atoms with Crippen LogP contribution in [0.4, 0.5) is 5.95 Å². The first-order chi connectivity index (χ1) is 5.29. The maximum atomic E-state index is 10.5. The van der Waals surface area contributed by atoms with Crippen molar-refractivity contribution in [1.29, 1.82) is 0 Å². The number of nitrogens with zero attached hydrogens (tertiary/aromatic N) is 3. The third-order valence-corrected chi connectivity index (χ3v) is 1.53. The molecule has 0 saturated heterocycles. The van der Waals surface area contributed by atoms with Gasteiger partial charge in [0.15, 0.2) is 6.04 Å². The second kappa shape index (κ2) is 1.91. The maximum absolute atomic E-state index is 10.5. The van der Waals surface area contributed by atoms with Gasteiger partial charge in [0.05, 0.1) is 0 Å². The minimum atomic E-state index is -0.912. The molecule has 1 aliphatic rings. The fourth-order valence-electron chi connectivity index (χ4n) is 1.01. The van der Waals surface area contributed by atoms with Crippen molar-refractivity contribution in [2.75, 3.05) is 0 Å². The highest BCUT2D eigenvalue weighted by molar-refractivity contribution is 5.93. The molecule has 0 bridgehead atoms. The summed E-state index contributed by atoms with van der Waals surface area (Å²) in [7, 11) is 0. The van der Waals surface area contributed by atoms with Crippen LogP contribution >= 0.6 is 0 Å². The highest BCUT2D eigenvalue weighted by Gasteiger charge is 2.23. The number of imidazole rings is 1. The first kappa shape index (κ1) is 6.09. The number of hydrogen-bond acceptors (Lipinski definition) is 3.